The SMILES string of the molecule is CNC(=O)[C@@H](C)[NH+](C)Cc1cc(Cl)ccc1OC. The van der Waals surface area contributed by atoms with Crippen molar-refractivity contribution in [2.24, 2.45) is 0 Å². The summed E-state index contributed by atoms with van der Waals surface area (Å²) < 4.78 is 5.30. The molecular formula is C13H20ClN2O2+. The lowest BCUT2D eigenvalue weighted by molar-refractivity contribution is -0.908. The molecule has 0 spiro atoms. The molecule has 1 aromatic carbocycles. The van der Waals surface area contributed by atoms with Crippen molar-refractivity contribution in [3.05, 3.63) is 28.8 Å². The van der Waals surface area contributed by atoms with Crippen molar-refractivity contribution in [2.75, 3.05) is 21.2 Å². The van der Waals surface area contributed by atoms with E-state index in [1.165, 1.54) is 0 Å². The number of likely N-dealkylation sites (N-methyl/N-ethyl adjacent to an activating group) is 2. The number of carbonyl (C=O) groups is 1. The third-order valence-corrected chi connectivity index (χ3v) is 3.33. The van der Waals surface area contributed by atoms with Crippen molar-refractivity contribution >= 4 is 17.5 Å². The fourth-order valence-electron chi connectivity index (χ4n) is 1.78. The molecule has 4 nitrogen and oxygen atoms in total. The number of nitrogens with one attached hydrogen (secondary N) is 2. The summed E-state index contributed by atoms with van der Waals surface area (Å²) in [5, 5.41) is 3.33. The Morgan fingerprint density at radius 2 is 2.22 bits per heavy atom. The van der Waals surface area contributed by atoms with Crippen LogP contribution >= 0.6 is 11.6 Å². The van der Waals surface area contributed by atoms with Crippen LogP contribution in [0.3, 0.4) is 0 Å². The molecule has 100 valence electrons. The molecule has 0 aromatic heterocycles. The Hall–Kier alpha value is -1.26. The number of hydrogen-bond acceptors (Lipinski definition) is 2. The van der Waals surface area contributed by atoms with Gasteiger partial charge < -0.3 is 15.0 Å². The molecule has 0 aliphatic carbocycles. The van der Waals surface area contributed by atoms with E-state index in [2.05, 4.69) is 5.32 Å². The largest absolute Gasteiger partial charge is 0.496 e. The summed E-state index contributed by atoms with van der Waals surface area (Å²) in [7, 11) is 5.25. The summed E-state index contributed by atoms with van der Waals surface area (Å²) in [6.07, 6.45) is 0. The van der Waals surface area contributed by atoms with Crippen LogP contribution < -0.4 is 15.0 Å². The van der Waals surface area contributed by atoms with Crippen molar-refractivity contribution in [3.8, 4) is 5.75 Å². The molecule has 0 aliphatic heterocycles. The first-order chi connectivity index (χ1) is 8.49. The van der Waals surface area contributed by atoms with Gasteiger partial charge in [-0.15, -0.1) is 0 Å². The highest BCUT2D eigenvalue weighted by Crippen LogP contribution is 2.21. The molecule has 0 saturated carbocycles. The van der Waals surface area contributed by atoms with Gasteiger partial charge in [-0.1, -0.05) is 11.6 Å². The first-order valence-electron chi connectivity index (χ1n) is 5.86. The molecule has 18 heavy (non-hydrogen) atoms. The lowest BCUT2D eigenvalue weighted by Crippen LogP contribution is -3.12. The van der Waals surface area contributed by atoms with E-state index in [9.17, 15) is 4.79 Å². The Morgan fingerprint density at radius 3 is 2.78 bits per heavy atom. The van der Waals surface area contributed by atoms with Gasteiger partial charge in [-0.05, 0) is 25.1 Å². The molecule has 0 saturated heterocycles. The maximum Gasteiger partial charge on any atom is 0.277 e. The monoisotopic (exact) mass is 271 g/mol. The lowest BCUT2D eigenvalue weighted by Gasteiger charge is -2.21. The van der Waals surface area contributed by atoms with Crippen molar-refractivity contribution in [2.45, 2.75) is 19.5 Å². The molecule has 0 aliphatic rings. The highest BCUT2D eigenvalue weighted by atomic mass is 35.5. The zero-order chi connectivity index (χ0) is 13.7. The minimum Gasteiger partial charge on any atom is -0.496 e. The number of halogens is 1. The van der Waals surface area contributed by atoms with Crippen LogP contribution in [-0.4, -0.2) is 33.2 Å². The summed E-state index contributed by atoms with van der Waals surface area (Å²) in [5.41, 5.74) is 0.998. The highest BCUT2D eigenvalue weighted by Gasteiger charge is 2.21. The standard InChI is InChI=1S/C13H19ClN2O2/c1-9(13(17)15-2)16(3)8-10-7-11(14)5-6-12(10)18-4/h5-7,9H,8H2,1-4H3,(H,15,17)/p+1/t9-/m1/s1. The van der Waals surface area contributed by atoms with E-state index in [-0.39, 0.29) is 11.9 Å². The molecule has 0 radical (unpaired) electrons. The Balaban J connectivity index is 2.83. The maximum atomic E-state index is 11.6. The minimum absolute atomic E-state index is 0.0218. The molecule has 2 N–H and O–H groups in total. The quantitative estimate of drug-likeness (QED) is 0.819. The van der Waals surface area contributed by atoms with E-state index in [1.807, 2.05) is 26.1 Å². The van der Waals surface area contributed by atoms with Crippen LogP contribution in [0.25, 0.3) is 0 Å². The maximum absolute atomic E-state index is 11.6. The second kappa shape index (κ2) is 6.61. The van der Waals surface area contributed by atoms with Crippen molar-refractivity contribution in [1.82, 2.24) is 5.32 Å². The fraction of sp³-hybridized carbons (Fsp3) is 0.462. The molecular weight excluding hydrogens is 252 g/mol. The molecule has 2 atom stereocenters. The predicted octanol–water partition coefficient (Wildman–Crippen LogP) is 0.498. The van der Waals surface area contributed by atoms with Crippen LogP contribution in [0.5, 0.6) is 5.75 Å². The highest BCUT2D eigenvalue weighted by molar-refractivity contribution is 6.30. The third-order valence-electron chi connectivity index (χ3n) is 3.09. The number of ether oxygens (including phenoxy) is 1. The number of methoxy groups -OCH3 is 1. The summed E-state index contributed by atoms with van der Waals surface area (Å²) in [6.45, 7) is 2.57. The molecule has 0 heterocycles. The van der Waals surface area contributed by atoms with Gasteiger partial charge in [-0.2, -0.15) is 0 Å². The Labute approximate surface area is 113 Å². The third kappa shape index (κ3) is 3.62. The lowest BCUT2D eigenvalue weighted by atomic mass is 10.1. The number of carbonyl (C=O) groups excluding carboxylic acids is 1. The van der Waals surface area contributed by atoms with E-state index >= 15 is 0 Å². The molecule has 1 unspecified atom stereocenters. The van der Waals surface area contributed by atoms with E-state index in [0.29, 0.717) is 11.6 Å². The topological polar surface area (TPSA) is 42.8 Å². The van der Waals surface area contributed by atoms with Gasteiger partial charge in [0.2, 0.25) is 0 Å². The number of hydrogen-bond donors (Lipinski definition) is 2. The first-order valence-corrected chi connectivity index (χ1v) is 6.23. The summed E-state index contributed by atoms with van der Waals surface area (Å²) in [4.78, 5) is 12.7. The van der Waals surface area contributed by atoms with Gasteiger partial charge in [-0.3, -0.25) is 4.79 Å². The summed E-state index contributed by atoms with van der Waals surface area (Å²) in [6, 6.07) is 5.39. The Kier molecular flexibility index (Phi) is 5.44. The zero-order valence-corrected chi connectivity index (χ0v) is 12.0. The Morgan fingerprint density at radius 1 is 1.56 bits per heavy atom. The van der Waals surface area contributed by atoms with Crippen LogP contribution in [-0.2, 0) is 11.3 Å². The fourth-order valence-corrected chi connectivity index (χ4v) is 1.97. The van der Waals surface area contributed by atoms with Gasteiger partial charge in [0.15, 0.2) is 6.04 Å². The van der Waals surface area contributed by atoms with Gasteiger partial charge in [-0.25, -0.2) is 0 Å². The molecule has 1 rings (SSSR count). The molecule has 1 amide bonds. The van der Waals surface area contributed by atoms with Crippen molar-refractivity contribution < 1.29 is 14.4 Å². The average Bonchev–Trinajstić information content (AvgIpc) is 2.37. The van der Waals surface area contributed by atoms with E-state index in [1.54, 1.807) is 20.2 Å². The normalized spacial score (nSPS) is 13.8. The van der Waals surface area contributed by atoms with Gasteiger partial charge in [0.25, 0.3) is 5.91 Å². The number of amides is 1. The Bertz CT molecular complexity index is 423. The van der Waals surface area contributed by atoms with Gasteiger partial charge in [0, 0.05) is 17.6 Å². The van der Waals surface area contributed by atoms with Gasteiger partial charge in [0.1, 0.15) is 12.3 Å². The summed E-state index contributed by atoms with van der Waals surface area (Å²) >= 11 is 5.98. The smallest absolute Gasteiger partial charge is 0.277 e. The van der Waals surface area contributed by atoms with Crippen LogP contribution in [0, 0.1) is 0 Å². The molecule has 0 bridgehead atoms. The predicted molar refractivity (Wildman–Crippen MR) is 72.1 cm³/mol. The minimum atomic E-state index is -0.126. The van der Waals surface area contributed by atoms with Crippen molar-refractivity contribution in [3.63, 3.8) is 0 Å². The second-order valence-corrected chi connectivity index (χ2v) is 4.75. The van der Waals surface area contributed by atoms with Gasteiger partial charge in [0.05, 0.1) is 14.2 Å². The zero-order valence-electron chi connectivity index (χ0n) is 11.2. The molecule has 0 fully saturated rings. The summed E-state index contributed by atoms with van der Waals surface area (Å²) in [5.74, 6) is 0.816. The van der Waals surface area contributed by atoms with E-state index < -0.39 is 0 Å². The average molecular weight is 272 g/mol. The first kappa shape index (κ1) is 14.8. The van der Waals surface area contributed by atoms with Crippen LogP contribution in [0.15, 0.2) is 18.2 Å². The number of rotatable bonds is 5. The molecule has 1 aromatic rings. The van der Waals surface area contributed by atoms with Crippen LogP contribution in [0.4, 0.5) is 0 Å². The van der Waals surface area contributed by atoms with Crippen LogP contribution in [0.2, 0.25) is 5.02 Å². The van der Waals surface area contributed by atoms with Gasteiger partial charge >= 0.3 is 0 Å². The van der Waals surface area contributed by atoms with E-state index in [0.717, 1.165) is 16.2 Å². The van der Waals surface area contributed by atoms with Crippen molar-refractivity contribution in [1.29, 1.82) is 0 Å². The van der Waals surface area contributed by atoms with Crippen LogP contribution in [0.1, 0.15) is 12.5 Å². The second-order valence-electron chi connectivity index (χ2n) is 4.32. The number of quaternary nitrogens is 1. The molecule has 5 heteroatoms. The van der Waals surface area contributed by atoms with E-state index in [4.69, 9.17) is 16.3 Å². The number of benzene rings is 1.